The summed E-state index contributed by atoms with van der Waals surface area (Å²) >= 11 is 7.26. The summed E-state index contributed by atoms with van der Waals surface area (Å²) in [5.41, 5.74) is 6.01. The molecule has 0 unspecified atom stereocenters. The SMILES string of the molecule is NC(=O)N[C@H](CC(=O)NCc1ccc(Cl)s1)c1ccccc1. The van der Waals surface area contributed by atoms with Crippen molar-refractivity contribution >= 4 is 34.9 Å². The summed E-state index contributed by atoms with van der Waals surface area (Å²) in [6, 6.07) is 11.8. The molecule has 2 rings (SSSR count). The van der Waals surface area contributed by atoms with Crippen LogP contribution in [-0.2, 0) is 11.3 Å². The molecule has 4 N–H and O–H groups in total. The molecule has 0 fully saturated rings. The van der Waals surface area contributed by atoms with Gasteiger partial charge in [0.15, 0.2) is 0 Å². The first-order chi connectivity index (χ1) is 10.5. The van der Waals surface area contributed by atoms with Gasteiger partial charge in [0.05, 0.1) is 23.3 Å². The Morgan fingerprint density at radius 2 is 1.91 bits per heavy atom. The molecule has 1 aromatic carbocycles. The number of urea groups is 1. The minimum Gasteiger partial charge on any atom is -0.352 e. The van der Waals surface area contributed by atoms with Gasteiger partial charge in [-0.2, -0.15) is 0 Å². The lowest BCUT2D eigenvalue weighted by Gasteiger charge is -2.17. The highest BCUT2D eigenvalue weighted by atomic mass is 35.5. The lowest BCUT2D eigenvalue weighted by molar-refractivity contribution is -0.121. The van der Waals surface area contributed by atoms with E-state index in [-0.39, 0.29) is 12.3 Å². The molecule has 0 saturated carbocycles. The third-order valence-corrected chi connectivity index (χ3v) is 4.23. The van der Waals surface area contributed by atoms with Gasteiger partial charge in [0.1, 0.15) is 0 Å². The highest BCUT2D eigenvalue weighted by Gasteiger charge is 2.17. The van der Waals surface area contributed by atoms with Crippen molar-refractivity contribution in [3.63, 3.8) is 0 Å². The van der Waals surface area contributed by atoms with Crippen molar-refractivity contribution in [2.45, 2.75) is 19.0 Å². The molecule has 1 heterocycles. The molecule has 0 aliphatic rings. The van der Waals surface area contributed by atoms with Crippen LogP contribution in [0.5, 0.6) is 0 Å². The summed E-state index contributed by atoms with van der Waals surface area (Å²) in [7, 11) is 0. The summed E-state index contributed by atoms with van der Waals surface area (Å²) in [4.78, 5) is 24.1. The number of amides is 3. The maximum atomic E-state index is 12.1. The summed E-state index contributed by atoms with van der Waals surface area (Å²) < 4.78 is 0.682. The molecule has 5 nitrogen and oxygen atoms in total. The molecule has 1 atom stereocenters. The quantitative estimate of drug-likeness (QED) is 0.757. The molecule has 22 heavy (non-hydrogen) atoms. The van der Waals surface area contributed by atoms with Crippen LogP contribution in [0.3, 0.4) is 0 Å². The van der Waals surface area contributed by atoms with Crippen molar-refractivity contribution in [2.24, 2.45) is 5.73 Å². The van der Waals surface area contributed by atoms with Crippen molar-refractivity contribution in [3.8, 4) is 0 Å². The van der Waals surface area contributed by atoms with Gasteiger partial charge in [-0.1, -0.05) is 41.9 Å². The van der Waals surface area contributed by atoms with E-state index in [1.807, 2.05) is 36.4 Å². The second kappa shape index (κ2) is 7.82. The first-order valence-electron chi connectivity index (χ1n) is 6.66. The summed E-state index contributed by atoms with van der Waals surface area (Å²) in [5, 5.41) is 5.40. The van der Waals surface area contributed by atoms with E-state index in [9.17, 15) is 9.59 Å². The zero-order valence-corrected chi connectivity index (χ0v) is 13.3. The van der Waals surface area contributed by atoms with Gasteiger partial charge in [-0.15, -0.1) is 11.3 Å². The number of primary amides is 1. The van der Waals surface area contributed by atoms with Crippen LogP contribution in [-0.4, -0.2) is 11.9 Å². The Morgan fingerprint density at radius 3 is 2.50 bits per heavy atom. The molecular formula is C15H16ClN3O2S. The maximum Gasteiger partial charge on any atom is 0.312 e. The van der Waals surface area contributed by atoms with Gasteiger partial charge in [-0.25, -0.2) is 4.79 Å². The molecule has 116 valence electrons. The Labute approximate surface area is 137 Å². The lowest BCUT2D eigenvalue weighted by Crippen LogP contribution is -2.36. The Bertz CT molecular complexity index is 645. The van der Waals surface area contributed by atoms with Crippen LogP contribution in [0.2, 0.25) is 4.34 Å². The number of thiophene rings is 1. The minimum atomic E-state index is -0.660. The summed E-state index contributed by atoms with van der Waals surface area (Å²) in [6.45, 7) is 0.411. The molecule has 0 radical (unpaired) electrons. The van der Waals surface area contributed by atoms with E-state index in [0.29, 0.717) is 10.9 Å². The van der Waals surface area contributed by atoms with Gasteiger partial charge < -0.3 is 16.4 Å². The van der Waals surface area contributed by atoms with E-state index in [4.69, 9.17) is 17.3 Å². The minimum absolute atomic E-state index is 0.117. The normalized spacial score (nSPS) is 11.7. The van der Waals surface area contributed by atoms with E-state index < -0.39 is 12.1 Å². The van der Waals surface area contributed by atoms with E-state index in [2.05, 4.69) is 10.6 Å². The van der Waals surface area contributed by atoms with Gasteiger partial charge in [0, 0.05) is 4.88 Å². The van der Waals surface area contributed by atoms with E-state index in [1.54, 1.807) is 6.07 Å². The lowest BCUT2D eigenvalue weighted by atomic mass is 10.0. The van der Waals surface area contributed by atoms with E-state index in [1.165, 1.54) is 11.3 Å². The predicted molar refractivity (Wildman–Crippen MR) is 87.7 cm³/mol. The molecule has 1 aromatic heterocycles. The fourth-order valence-electron chi connectivity index (χ4n) is 2.00. The second-order valence-electron chi connectivity index (χ2n) is 4.66. The molecule has 0 saturated heterocycles. The summed E-state index contributed by atoms with van der Waals surface area (Å²) in [6.07, 6.45) is 0.117. The molecule has 0 aliphatic heterocycles. The number of nitrogens with two attached hydrogens (primary N) is 1. The molecule has 3 amide bonds. The van der Waals surface area contributed by atoms with Crippen LogP contribution in [0, 0.1) is 0 Å². The Morgan fingerprint density at radius 1 is 1.18 bits per heavy atom. The number of benzene rings is 1. The van der Waals surface area contributed by atoms with Crippen LogP contribution in [0.15, 0.2) is 42.5 Å². The van der Waals surface area contributed by atoms with Crippen LogP contribution < -0.4 is 16.4 Å². The highest BCUT2D eigenvalue weighted by molar-refractivity contribution is 7.16. The maximum absolute atomic E-state index is 12.1. The van der Waals surface area contributed by atoms with Gasteiger partial charge in [0.2, 0.25) is 5.91 Å². The zero-order chi connectivity index (χ0) is 15.9. The third-order valence-electron chi connectivity index (χ3n) is 3.00. The third kappa shape index (κ3) is 5.05. The average molecular weight is 338 g/mol. The Kier molecular flexibility index (Phi) is 5.80. The summed E-state index contributed by atoms with van der Waals surface area (Å²) in [5.74, 6) is -0.174. The smallest absolute Gasteiger partial charge is 0.312 e. The van der Waals surface area contributed by atoms with Gasteiger partial charge >= 0.3 is 6.03 Å². The van der Waals surface area contributed by atoms with Gasteiger partial charge in [-0.05, 0) is 17.7 Å². The fraction of sp³-hybridized carbons (Fsp3) is 0.200. The van der Waals surface area contributed by atoms with E-state index in [0.717, 1.165) is 10.4 Å². The molecule has 0 aliphatic carbocycles. The van der Waals surface area contributed by atoms with Crippen molar-refractivity contribution in [1.82, 2.24) is 10.6 Å². The van der Waals surface area contributed by atoms with Crippen LogP contribution in [0.4, 0.5) is 4.79 Å². The van der Waals surface area contributed by atoms with Gasteiger partial charge in [-0.3, -0.25) is 4.79 Å². The molecule has 2 aromatic rings. The molecular weight excluding hydrogens is 322 g/mol. The predicted octanol–water partition coefficient (Wildman–Crippen LogP) is 2.82. The molecule has 0 bridgehead atoms. The van der Waals surface area contributed by atoms with Crippen LogP contribution in [0.1, 0.15) is 22.9 Å². The molecule has 0 spiro atoms. The van der Waals surface area contributed by atoms with Crippen LogP contribution >= 0.6 is 22.9 Å². The fourth-order valence-corrected chi connectivity index (χ4v) is 3.03. The van der Waals surface area contributed by atoms with Crippen molar-refractivity contribution in [3.05, 3.63) is 57.2 Å². The number of carbonyl (C=O) groups is 2. The van der Waals surface area contributed by atoms with Crippen LogP contribution in [0.25, 0.3) is 0 Å². The second-order valence-corrected chi connectivity index (χ2v) is 6.46. The number of halogens is 1. The average Bonchev–Trinajstić information content (AvgIpc) is 2.91. The number of rotatable bonds is 6. The van der Waals surface area contributed by atoms with Crippen molar-refractivity contribution in [1.29, 1.82) is 0 Å². The topological polar surface area (TPSA) is 84.2 Å². The number of nitrogens with one attached hydrogen (secondary N) is 2. The number of carbonyl (C=O) groups excluding carboxylic acids is 2. The van der Waals surface area contributed by atoms with Crippen molar-refractivity contribution < 1.29 is 9.59 Å². The number of hydrogen-bond acceptors (Lipinski definition) is 3. The standard InChI is InChI=1S/C15H16ClN3O2S/c16-13-7-6-11(22-13)9-18-14(20)8-12(19-15(17)21)10-4-2-1-3-5-10/h1-7,12H,8-9H2,(H,18,20)(H3,17,19,21)/t12-/m1/s1. The van der Waals surface area contributed by atoms with Crippen molar-refractivity contribution in [2.75, 3.05) is 0 Å². The number of hydrogen-bond donors (Lipinski definition) is 3. The zero-order valence-electron chi connectivity index (χ0n) is 11.7. The first kappa shape index (κ1) is 16.3. The Balaban J connectivity index is 1.94. The Hall–Kier alpha value is -2.05. The van der Waals surface area contributed by atoms with E-state index >= 15 is 0 Å². The monoisotopic (exact) mass is 337 g/mol. The highest BCUT2D eigenvalue weighted by Crippen LogP contribution is 2.21. The molecule has 7 heteroatoms. The largest absolute Gasteiger partial charge is 0.352 e. The first-order valence-corrected chi connectivity index (χ1v) is 7.86. The van der Waals surface area contributed by atoms with Gasteiger partial charge in [0.25, 0.3) is 0 Å².